The van der Waals surface area contributed by atoms with Gasteiger partial charge >= 0.3 is 5.97 Å². The fourth-order valence-electron chi connectivity index (χ4n) is 2.01. The number of aliphatic imine (C=N–C) groups is 1. The largest absolute Gasteiger partial charge is 0.469 e. The second kappa shape index (κ2) is 9.41. The van der Waals surface area contributed by atoms with Crippen molar-refractivity contribution in [2.75, 3.05) is 13.7 Å². The van der Waals surface area contributed by atoms with Crippen molar-refractivity contribution in [2.24, 2.45) is 16.6 Å². The summed E-state index contributed by atoms with van der Waals surface area (Å²) in [5.74, 6) is -0.0569. The highest BCUT2D eigenvalue weighted by atomic mass is 127. The summed E-state index contributed by atoms with van der Waals surface area (Å²) < 4.78 is 4.62. The van der Waals surface area contributed by atoms with Crippen molar-refractivity contribution in [1.29, 1.82) is 0 Å². The maximum absolute atomic E-state index is 11.2. The summed E-state index contributed by atoms with van der Waals surface area (Å²) in [6.07, 6.45) is 6.13. The van der Waals surface area contributed by atoms with Gasteiger partial charge in [-0.1, -0.05) is 26.2 Å². The molecule has 1 unspecified atom stereocenters. The molecular formula is C12H24IN3O2. The summed E-state index contributed by atoms with van der Waals surface area (Å²) in [7, 11) is 1.38. The Morgan fingerprint density at radius 2 is 2.06 bits per heavy atom. The molecule has 3 N–H and O–H groups in total. The van der Waals surface area contributed by atoms with Crippen molar-refractivity contribution in [3.63, 3.8) is 0 Å². The molecule has 6 heteroatoms. The second-order valence-corrected chi connectivity index (χ2v) is 4.63. The standard InChI is InChI=1S/C12H23N3O2.HI/c1-9(11(16)17-2)8-14-12(13)15-10-6-4-3-5-7-10;/h9-10H,3-8H2,1-2H3,(H3,13,14,15);1H. The molecule has 18 heavy (non-hydrogen) atoms. The number of nitrogens with zero attached hydrogens (tertiary/aromatic N) is 1. The molecule has 0 saturated heterocycles. The van der Waals surface area contributed by atoms with Gasteiger partial charge in [-0.05, 0) is 12.8 Å². The first kappa shape index (κ1) is 17.5. The summed E-state index contributed by atoms with van der Waals surface area (Å²) in [4.78, 5) is 15.3. The number of guanidine groups is 1. The predicted octanol–water partition coefficient (Wildman–Crippen LogP) is 1.65. The van der Waals surface area contributed by atoms with Gasteiger partial charge in [0.05, 0.1) is 19.6 Å². The first-order valence-electron chi connectivity index (χ1n) is 6.27. The zero-order valence-corrected chi connectivity index (χ0v) is 13.5. The summed E-state index contributed by atoms with van der Waals surface area (Å²) >= 11 is 0. The van der Waals surface area contributed by atoms with Gasteiger partial charge in [0.1, 0.15) is 0 Å². The van der Waals surface area contributed by atoms with Gasteiger partial charge in [-0.25, -0.2) is 0 Å². The molecule has 1 aliphatic rings. The molecule has 0 bridgehead atoms. The number of methoxy groups -OCH3 is 1. The second-order valence-electron chi connectivity index (χ2n) is 4.63. The lowest BCUT2D eigenvalue weighted by Crippen LogP contribution is -2.41. The van der Waals surface area contributed by atoms with E-state index in [1.165, 1.54) is 26.4 Å². The monoisotopic (exact) mass is 369 g/mol. The highest BCUT2D eigenvalue weighted by Gasteiger charge is 2.15. The van der Waals surface area contributed by atoms with Crippen molar-refractivity contribution < 1.29 is 9.53 Å². The van der Waals surface area contributed by atoms with Crippen molar-refractivity contribution in [3.05, 3.63) is 0 Å². The van der Waals surface area contributed by atoms with Gasteiger partial charge in [-0.2, -0.15) is 0 Å². The first-order valence-corrected chi connectivity index (χ1v) is 6.27. The van der Waals surface area contributed by atoms with Crippen LogP contribution in [0.15, 0.2) is 4.99 Å². The number of carbonyl (C=O) groups is 1. The number of nitrogens with one attached hydrogen (secondary N) is 1. The van der Waals surface area contributed by atoms with Crippen LogP contribution in [0.2, 0.25) is 0 Å². The van der Waals surface area contributed by atoms with Crippen LogP contribution in [0.4, 0.5) is 0 Å². The minimum absolute atomic E-state index is 0. The average molecular weight is 369 g/mol. The molecule has 1 saturated carbocycles. The van der Waals surface area contributed by atoms with E-state index in [9.17, 15) is 4.79 Å². The Balaban J connectivity index is 0.00000289. The third-order valence-electron chi connectivity index (χ3n) is 3.10. The number of nitrogens with two attached hydrogens (primary N) is 1. The molecule has 1 fully saturated rings. The fourth-order valence-corrected chi connectivity index (χ4v) is 2.01. The van der Waals surface area contributed by atoms with E-state index < -0.39 is 0 Å². The number of carbonyl (C=O) groups excluding carboxylic acids is 1. The maximum atomic E-state index is 11.2. The maximum Gasteiger partial charge on any atom is 0.310 e. The van der Waals surface area contributed by atoms with Gasteiger partial charge in [0, 0.05) is 6.04 Å². The van der Waals surface area contributed by atoms with E-state index in [-0.39, 0.29) is 35.9 Å². The highest BCUT2D eigenvalue weighted by Crippen LogP contribution is 2.16. The van der Waals surface area contributed by atoms with Crippen LogP contribution in [-0.4, -0.2) is 31.6 Å². The summed E-state index contributed by atoms with van der Waals surface area (Å²) in [6, 6.07) is 0.445. The van der Waals surface area contributed by atoms with Crippen LogP contribution in [0.1, 0.15) is 39.0 Å². The van der Waals surface area contributed by atoms with Gasteiger partial charge in [0.25, 0.3) is 0 Å². The normalized spacial score (nSPS) is 18.7. The zero-order chi connectivity index (χ0) is 12.7. The molecule has 0 aromatic rings. The molecular weight excluding hydrogens is 345 g/mol. The summed E-state index contributed by atoms with van der Waals surface area (Å²) in [5.41, 5.74) is 5.78. The number of hydrogen-bond donors (Lipinski definition) is 2. The minimum atomic E-state index is -0.251. The number of halogens is 1. The van der Waals surface area contributed by atoms with Crippen molar-refractivity contribution in [2.45, 2.75) is 45.1 Å². The van der Waals surface area contributed by atoms with Gasteiger partial charge in [-0.3, -0.25) is 9.79 Å². The Labute approximate surface area is 126 Å². The van der Waals surface area contributed by atoms with Crippen LogP contribution in [0.25, 0.3) is 0 Å². The third kappa shape index (κ3) is 6.42. The molecule has 0 aromatic carbocycles. The number of ether oxygens (including phenoxy) is 1. The smallest absolute Gasteiger partial charge is 0.310 e. The fraction of sp³-hybridized carbons (Fsp3) is 0.833. The SMILES string of the molecule is COC(=O)C(C)CN=C(N)NC1CCCCC1.I. The lowest BCUT2D eigenvalue weighted by Gasteiger charge is -2.23. The molecule has 0 aliphatic heterocycles. The molecule has 0 spiro atoms. The Morgan fingerprint density at radius 3 is 2.61 bits per heavy atom. The average Bonchev–Trinajstić information content (AvgIpc) is 2.36. The van der Waals surface area contributed by atoms with Crippen LogP contribution in [0, 0.1) is 5.92 Å². The van der Waals surface area contributed by atoms with E-state index >= 15 is 0 Å². The Hall–Kier alpha value is -0.530. The molecule has 0 radical (unpaired) electrons. The summed E-state index contributed by atoms with van der Waals surface area (Å²) in [6.45, 7) is 2.15. The molecule has 1 aliphatic carbocycles. The van der Waals surface area contributed by atoms with E-state index in [1.807, 2.05) is 0 Å². The van der Waals surface area contributed by atoms with Gasteiger partial charge < -0.3 is 15.8 Å². The molecule has 1 rings (SSSR count). The first-order chi connectivity index (χ1) is 8.13. The highest BCUT2D eigenvalue weighted by molar-refractivity contribution is 14.0. The molecule has 106 valence electrons. The molecule has 5 nitrogen and oxygen atoms in total. The number of hydrogen-bond acceptors (Lipinski definition) is 3. The van der Waals surface area contributed by atoms with E-state index in [2.05, 4.69) is 15.0 Å². The Bertz CT molecular complexity index is 278. The van der Waals surface area contributed by atoms with Crippen molar-refractivity contribution in [1.82, 2.24) is 5.32 Å². The predicted molar refractivity (Wildman–Crippen MR) is 83.1 cm³/mol. The molecule has 1 atom stereocenters. The quantitative estimate of drug-likeness (QED) is 0.342. The molecule has 0 aromatic heterocycles. The van der Waals surface area contributed by atoms with Gasteiger partial charge in [0.15, 0.2) is 5.96 Å². The number of esters is 1. The lowest BCUT2D eigenvalue weighted by molar-refractivity contribution is -0.144. The van der Waals surface area contributed by atoms with E-state index in [4.69, 9.17) is 5.73 Å². The van der Waals surface area contributed by atoms with Crippen LogP contribution >= 0.6 is 24.0 Å². The van der Waals surface area contributed by atoms with Gasteiger partial charge in [-0.15, -0.1) is 24.0 Å². The van der Waals surface area contributed by atoms with Crippen molar-refractivity contribution >= 4 is 35.9 Å². The van der Waals surface area contributed by atoms with Crippen LogP contribution in [-0.2, 0) is 9.53 Å². The van der Waals surface area contributed by atoms with Crippen molar-refractivity contribution in [3.8, 4) is 0 Å². The van der Waals surface area contributed by atoms with Crippen LogP contribution in [0.3, 0.4) is 0 Å². The summed E-state index contributed by atoms with van der Waals surface area (Å²) in [5, 5.41) is 3.21. The minimum Gasteiger partial charge on any atom is -0.469 e. The zero-order valence-electron chi connectivity index (χ0n) is 11.1. The van der Waals surface area contributed by atoms with Gasteiger partial charge in [0.2, 0.25) is 0 Å². The molecule has 0 heterocycles. The van der Waals surface area contributed by atoms with E-state index in [0.29, 0.717) is 18.5 Å². The Kier molecular flexibility index (Phi) is 9.13. The van der Waals surface area contributed by atoms with Crippen LogP contribution in [0.5, 0.6) is 0 Å². The third-order valence-corrected chi connectivity index (χ3v) is 3.10. The van der Waals surface area contributed by atoms with E-state index in [1.54, 1.807) is 6.92 Å². The Morgan fingerprint density at radius 1 is 1.44 bits per heavy atom. The molecule has 0 amide bonds. The number of rotatable bonds is 4. The lowest BCUT2D eigenvalue weighted by atomic mass is 9.96. The van der Waals surface area contributed by atoms with Crippen LogP contribution < -0.4 is 11.1 Å². The topological polar surface area (TPSA) is 76.7 Å². The van der Waals surface area contributed by atoms with E-state index in [0.717, 1.165) is 12.8 Å².